The molecule has 1 saturated heterocycles. The van der Waals surface area contributed by atoms with Crippen molar-refractivity contribution in [2.75, 3.05) is 0 Å². The lowest BCUT2D eigenvalue weighted by Gasteiger charge is -2.50. The van der Waals surface area contributed by atoms with Crippen molar-refractivity contribution < 1.29 is 14.0 Å². The molecule has 1 aliphatic heterocycles. The maximum atomic E-state index is 12.9. The number of amides is 1. The molecule has 0 bridgehead atoms. The zero-order valence-electron chi connectivity index (χ0n) is 17.2. The van der Waals surface area contributed by atoms with Crippen molar-refractivity contribution >= 4 is 14.2 Å². The maximum absolute atomic E-state index is 12.9. The van der Waals surface area contributed by atoms with Gasteiger partial charge in [-0.3, -0.25) is 4.79 Å². The minimum Gasteiger partial charge on any atom is -0.477 e. The van der Waals surface area contributed by atoms with Crippen LogP contribution in [-0.2, 0) is 20.5 Å². The van der Waals surface area contributed by atoms with Gasteiger partial charge >= 0.3 is 0 Å². The van der Waals surface area contributed by atoms with Crippen molar-refractivity contribution in [2.45, 2.75) is 71.6 Å². The quantitative estimate of drug-likeness (QED) is 0.385. The Bertz CT molecular complexity index is 636. The molecule has 0 unspecified atom stereocenters. The lowest BCUT2D eigenvalue weighted by atomic mass is 9.90. The van der Waals surface area contributed by atoms with Gasteiger partial charge in [0, 0.05) is 6.54 Å². The van der Waals surface area contributed by atoms with Crippen LogP contribution in [0, 0.1) is 5.92 Å². The van der Waals surface area contributed by atoms with Crippen LogP contribution < -0.4 is 0 Å². The first-order valence-electron chi connectivity index (χ1n) is 9.37. The van der Waals surface area contributed by atoms with Gasteiger partial charge in [-0.2, -0.15) is 0 Å². The van der Waals surface area contributed by atoms with Crippen molar-refractivity contribution in [1.29, 1.82) is 0 Å². The molecule has 1 amide bonds. The van der Waals surface area contributed by atoms with Gasteiger partial charge in [0.05, 0.1) is 12.4 Å². The lowest BCUT2D eigenvalue weighted by Crippen LogP contribution is -2.65. The van der Waals surface area contributed by atoms with Gasteiger partial charge in [-0.1, -0.05) is 57.2 Å². The minimum absolute atomic E-state index is 0.106. The number of carbonyl (C=O) groups is 1. The van der Waals surface area contributed by atoms with Gasteiger partial charge in [0.2, 0.25) is 5.91 Å². The maximum Gasteiger partial charge on any atom is 0.237 e. The van der Waals surface area contributed by atoms with E-state index in [1.165, 1.54) is 0 Å². The third-order valence-electron chi connectivity index (χ3n) is 5.52. The molecule has 1 fully saturated rings. The second kappa shape index (κ2) is 7.97. The highest BCUT2D eigenvalue weighted by molar-refractivity contribution is 6.74. The highest BCUT2D eigenvalue weighted by Gasteiger charge is 2.53. The van der Waals surface area contributed by atoms with Crippen LogP contribution in [-0.4, -0.2) is 31.5 Å². The molecule has 0 aliphatic carbocycles. The van der Waals surface area contributed by atoms with E-state index in [0.717, 1.165) is 5.56 Å². The molecule has 1 aromatic rings. The average Bonchev–Trinajstić information content (AvgIpc) is 2.55. The summed E-state index contributed by atoms with van der Waals surface area (Å²) >= 11 is 0. The Labute approximate surface area is 159 Å². The summed E-state index contributed by atoms with van der Waals surface area (Å²) in [7, 11) is -1.94. The third kappa shape index (κ3) is 4.38. The van der Waals surface area contributed by atoms with Crippen LogP contribution in [0.3, 0.4) is 0 Å². The number of ether oxygens (including phenoxy) is 1. The van der Waals surface area contributed by atoms with Gasteiger partial charge in [-0.15, -0.1) is 0 Å². The number of hydrogen-bond donors (Lipinski definition) is 0. The fraction of sp³-hybridized carbons (Fsp3) is 0.571. The van der Waals surface area contributed by atoms with E-state index in [-0.39, 0.29) is 29.2 Å². The lowest BCUT2D eigenvalue weighted by molar-refractivity contribution is -0.195. The predicted molar refractivity (Wildman–Crippen MR) is 108 cm³/mol. The monoisotopic (exact) mass is 375 g/mol. The van der Waals surface area contributed by atoms with E-state index >= 15 is 0 Å². The Kier molecular flexibility index (Phi) is 6.35. The van der Waals surface area contributed by atoms with E-state index < -0.39 is 8.32 Å². The molecular formula is C21H33NO3Si. The highest BCUT2D eigenvalue weighted by Crippen LogP contribution is 2.41. The Morgan fingerprint density at radius 1 is 1.23 bits per heavy atom. The first-order chi connectivity index (χ1) is 12.1. The molecule has 5 heteroatoms. The first kappa shape index (κ1) is 20.7. The molecule has 0 N–H and O–H groups in total. The molecule has 1 aliphatic rings. The number of β-lactam (4-membered cyclic amide) rings is 1. The number of nitrogens with zero attached hydrogens (tertiary/aromatic N) is 1. The number of hydrogen-bond acceptors (Lipinski definition) is 3. The summed E-state index contributed by atoms with van der Waals surface area (Å²) in [5, 5.41) is 0.109. The number of carbonyl (C=O) groups excluding carboxylic acids is 1. The van der Waals surface area contributed by atoms with Gasteiger partial charge in [0.15, 0.2) is 14.5 Å². The normalized spacial score (nSPS) is 22.4. The van der Waals surface area contributed by atoms with Crippen LogP contribution in [0.1, 0.15) is 40.2 Å². The fourth-order valence-corrected chi connectivity index (χ4v) is 4.39. The summed E-state index contributed by atoms with van der Waals surface area (Å²) in [6, 6.07) is 10.0. The van der Waals surface area contributed by atoms with Crippen LogP contribution in [0.2, 0.25) is 18.1 Å². The van der Waals surface area contributed by atoms with Crippen molar-refractivity contribution in [3.8, 4) is 0 Å². The predicted octanol–water partition coefficient (Wildman–Crippen LogP) is 4.93. The first-order valence-corrected chi connectivity index (χ1v) is 12.3. The summed E-state index contributed by atoms with van der Waals surface area (Å²) in [4.78, 5) is 14.7. The standard InChI is InChI=1S/C21H33NO3Si/c1-8-14-24-20-18(16(2)25-26(6,7)21(3,4)5)19(23)22(20)15-17-12-10-9-11-13-17/h8-14,16,18,20H,15H2,1-7H3/b14-8+/t16-,18+,20-/m1/s1. The van der Waals surface area contributed by atoms with Gasteiger partial charge < -0.3 is 14.1 Å². The topological polar surface area (TPSA) is 38.8 Å². The molecule has 3 atom stereocenters. The van der Waals surface area contributed by atoms with Crippen LogP contribution in [0.4, 0.5) is 0 Å². The van der Waals surface area contributed by atoms with E-state index in [2.05, 4.69) is 33.9 Å². The van der Waals surface area contributed by atoms with Crippen molar-refractivity contribution in [3.63, 3.8) is 0 Å². The Morgan fingerprint density at radius 2 is 1.85 bits per heavy atom. The molecular weight excluding hydrogens is 342 g/mol. The van der Waals surface area contributed by atoms with E-state index in [1.807, 2.05) is 50.3 Å². The second-order valence-electron chi connectivity index (χ2n) is 8.56. The summed E-state index contributed by atoms with van der Waals surface area (Å²) in [6.07, 6.45) is 3.07. The average molecular weight is 376 g/mol. The largest absolute Gasteiger partial charge is 0.477 e. The van der Waals surface area contributed by atoms with E-state index in [9.17, 15) is 4.79 Å². The number of likely N-dealkylation sites (tertiary alicyclic amines) is 1. The smallest absolute Gasteiger partial charge is 0.237 e. The van der Waals surface area contributed by atoms with Crippen molar-refractivity contribution in [3.05, 3.63) is 48.2 Å². The van der Waals surface area contributed by atoms with Gasteiger partial charge in [-0.25, -0.2) is 0 Å². The van der Waals surface area contributed by atoms with Crippen molar-refractivity contribution in [1.82, 2.24) is 4.90 Å². The number of rotatable bonds is 7. The van der Waals surface area contributed by atoms with Crippen LogP contribution >= 0.6 is 0 Å². The SMILES string of the molecule is C/C=C/O[C@@H]1[C@@H]([C@@H](C)O[Si](C)(C)C(C)(C)C)C(=O)N1Cc1ccccc1. The summed E-state index contributed by atoms with van der Waals surface area (Å²) in [6.45, 7) is 15.6. The molecule has 1 aromatic carbocycles. The Morgan fingerprint density at radius 3 is 2.38 bits per heavy atom. The summed E-state index contributed by atoms with van der Waals surface area (Å²) < 4.78 is 12.3. The van der Waals surface area contributed by atoms with Gasteiger partial charge in [-0.05, 0) is 37.5 Å². The molecule has 4 nitrogen and oxygen atoms in total. The second-order valence-corrected chi connectivity index (χ2v) is 13.3. The molecule has 0 saturated carbocycles. The van der Waals surface area contributed by atoms with E-state index in [1.54, 1.807) is 11.2 Å². The van der Waals surface area contributed by atoms with E-state index in [0.29, 0.717) is 6.54 Å². The minimum atomic E-state index is -1.94. The molecule has 0 aromatic heterocycles. The molecule has 0 radical (unpaired) electrons. The Hall–Kier alpha value is -1.59. The van der Waals surface area contributed by atoms with Gasteiger partial charge in [0.25, 0.3) is 0 Å². The highest BCUT2D eigenvalue weighted by atomic mass is 28.4. The zero-order valence-corrected chi connectivity index (χ0v) is 18.2. The number of allylic oxidation sites excluding steroid dienone is 1. The van der Waals surface area contributed by atoms with Crippen LogP contribution in [0.15, 0.2) is 42.7 Å². The number of benzene rings is 1. The van der Waals surface area contributed by atoms with Crippen LogP contribution in [0.25, 0.3) is 0 Å². The van der Waals surface area contributed by atoms with E-state index in [4.69, 9.17) is 9.16 Å². The molecule has 0 spiro atoms. The third-order valence-corrected chi connectivity index (χ3v) is 10.1. The molecule has 2 rings (SSSR count). The fourth-order valence-electron chi connectivity index (χ4n) is 2.96. The summed E-state index contributed by atoms with van der Waals surface area (Å²) in [5.41, 5.74) is 1.10. The van der Waals surface area contributed by atoms with Crippen LogP contribution in [0.5, 0.6) is 0 Å². The van der Waals surface area contributed by atoms with Crippen molar-refractivity contribution in [2.24, 2.45) is 5.92 Å². The zero-order chi connectivity index (χ0) is 19.5. The molecule has 144 valence electrons. The molecule has 26 heavy (non-hydrogen) atoms. The Balaban J connectivity index is 2.13. The summed E-state index contributed by atoms with van der Waals surface area (Å²) in [5.74, 6) is -0.154. The molecule has 1 heterocycles. The van der Waals surface area contributed by atoms with Gasteiger partial charge in [0.1, 0.15) is 5.92 Å².